The Kier molecular flexibility index (Phi) is 5.89. The second-order valence-corrected chi connectivity index (χ2v) is 16.8. The SMILES string of the molecule is C=C(C(=C)C(=C)[Si](C)(C)c1ccccc1)C(=C)[Si](C)(C)c1ccccc1. The van der Waals surface area contributed by atoms with Crippen molar-refractivity contribution >= 4 is 26.5 Å². The fourth-order valence-corrected chi connectivity index (χ4v) is 7.74. The summed E-state index contributed by atoms with van der Waals surface area (Å²) in [6.07, 6.45) is 0. The van der Waals surface area contributed by atoms with Crippen LogP contribution < -0.4 is 10.4 Å². The summed E-state index contributed by atoms with van der Waals surface area (Å²) in [4.78, 5) is 0. The number of hydrogen-bond donors (Lipinski definition) is 0. The van der Waals surface area contributed by atoms with Crippen molar-refractivity contribution in [2.45, 2.75) is 26.2 Å². The quantitative estimate of drug-likeness (QED) is 0.442. The number of benzene rings is 2. The van der Waals surface area contributed by atoms with Crippen LogP contribution in [0.2, 0.25) is 26.2 Å². The van der Waals surface area contributed by atoms with Crippen molar-refractivity contribution in [2.24, 2.45) is 0 Å². The lowest BCUT2D eigenvalue weighted by molar-refractivity contribution is 1.48. The zero-order valence-corrected chi connectivity index (χ0v) is 18.6. The normalized spacial score (nSPS) is 11.7. The molecule has 0 atom stereocenters. The molecule has 0 aliphatic carbocycles. The van der Waals surface area contributed by atoms with E-state index in [4.69, 9.17) is 0 Å². The third kappa shape index (κ3) is 3.82. The minimum Gasteiger partial charge on any atom is -0.0988 e. The molecule has 0 bridgehead atoms. The van der Waals surface area contributed by atoms with Crippen LogP contribution in [0.25, 0.3) is 0 Å². The van der Waals surface area contributed by atoms with E-state index in [1.165, 1.54) is 10.4 Å². The fourth-order valence-electron chi connectivity index (χ4n) is 3.18. The minimum atomic E-state index is -1.87. The second-order valence-electron chi connectivity index (χ2n) is 7.90. The van der Waals surface area contributed by atoms with Gasteiger partial charge in [-0.3, -0.25) is 0 Å². The van der Waals surface area contributed by atoms with Gasteiger partial charge in [-0.25, -0.2) is 0 Å². The maximum Gasteiger partial charge on any atom is 0.112 e. The van der Waals surface area contributed by atoms with Crippen LogP contribution >= 0.6 is 0 Å². The standard InChI is InChI=1S/C24H30Si2/c1-19(21(3)25(5,6)23-15-11-9-12-16-23)20(2)22(4)26(7,8)24-17-13-10-14-18-24/h9-18H,1-4H2,5-8H3. The zero-order valence-electron chi connectivity index (χ0n) is 16.6. The molecule has 0 saturated carbocycles. The Morgan fingerprint density at radius 2 is 0.808 bits per heavy atom. The predicted octanol–water partition coefficient (Wildman–Crippen LogP) is 5.52. The molecular formula is C24H30Si2. The molecule has 0 saturated heterocycles. The Morgan fingerprint density at radius 3 is 1.08 bits per heavy atom. The third-order valence-electron chi connectivity index (χ3n) is 5.59. The molecule has 0 unspecified atom stereocenters. The van der Waals surface area contributed by atoms with Gasteiger partial charge in [0.15, 0.2) is 0 Å². The van der Waals surface area contributed by atoms with Crippen molar-refractivity contribution in [1.82, 2.24) is 0 Å². The van der Waals surface area contributed by atoms with E-state index in [1.54, 1.807) is 0 Å². The van der Waals surface area contributed by atoms with Crippen molar-refractivity contribution in [2.75, 3.05) is 0 Å². The summed E-state index contributed by atoms with van der Waals surface area (Å²) in [6.45, 7) is 26.9. The van der Waals surface area contributed by atoms with Gasteiger partial charge in [0.2, 0.25) is 0 Å². The molecule has 0 radical (unpaired) electrons. The largest absolute Gasteiger partial charge is 0.112 e. The van der Waals surface area contributed by atoms with Gasteiger partial charge in [-0.15, -0.1) is 0 Å². The van der Waals surface area contributed by atoms with Gasteiger partial charge in [-0.2, -0.15) is 0 Å². The van der Waals surface area contributed by atoms with E-state index in [0.29, 0.717) is 0 Å². The molecule has 0 amide bonds. The molecule has 2 rings (SSSR count). The van der Waals surface area contributed by atoms with Crippen LogP contribution in [0, 0.1) is 0 Å². The van der Waals surface area contributed by atoms with Crippen molar-refractivity contribution in [1.29, 1.82) is 0 Å². The molecular weight excluding hydrogens is 344 g/mol. The maximum atomic E-state index is 4.44. The smallest absolute Gasteiger partial charge is 0.0988 e. The number of rotatable bonds is 7. The van der Waals surface area contributed by atoms with E-state index in [9.17, 15) is 0 Å². The van der Waals surface area contributed by atoms with Crippen LogP contribution in [-0.2, 0) is 0 Å². The summed E-state index contributed by atoms with van der Waals surface area (Å²) < 4.78 is 0. The van der Waals surface area contributed by atoms with E-state index in [-0.39, 0.29) is 0 Å². The first kappa shape index (κ1) is 20.1. The van der Waals surface area contributed by atoms with Crippen LogP contribution in [0.15, 0.2) is 109 Å². The molecule has 26 heavy (non-hydrogen) atoms. The fraction of sp³-hybridized carbons (Fsp3) is 0.167. The van der Waals surface area contributed by atoms with Crippen LogP contribution in [0.4, 0.5) is 0 Å². The van der Waals surface area contributed by atoms with Gasteiger partial charge < -0.3 is 0 Å². The van der Waals surface area contributed by atoms with Crippen LogP contribution in [0.1, 0.15) is 0 Å². The second kappa shape index (κ2) is 7.60. The molecule has 0 fully saturated rings. The molecule has 0 aromatic heterocycles. The van der Waals surface area contributed by atoms with Gasteiger partial charge in [-0.05, 0) is 11.1 Å². The Morgan fingerprint density at radius 1 is 0.538 bits per heavy atom. The summed E-state index contributed by atoms with van der Waals surface area (Å²) in [5.41, 5.74) is 1.93. The summed E-state index contributed by atoms with van der Waals surface area (Å²) in [7, 11) is -3.75. The van der Waals surface area contributed by atoms with Gasteiger partial charge in [0.25, 0.3) is 0 Å². The Labute approximate surface area is 161 Å². The highest BCUT2D eigenvalue weighted by molar-refractivity contribution is 6.97. The summed E-state index contributed by atoms with van der Waals surface area (Å²) >= 11 is 0. The highest BCUT2D eigenvalue weighted by Gasteiger charge is 2.33. The summed E-state index contributed by atoms with van der Waals surface area (Å²) in [6, 6.07) is 21.3. The predicted molar refractivity (Wildman–Crippen MR) is 124 cm³/mol. The monoisotopic (exact) mass is 374 g/mol. The average Bonchev–Trinajstić information content (AvgIpc) is 2.66. The van der Waals surface area contributed by atoms with Crippen LogP contribution in [0.3, 0.4) is 0 Å². The lowest BCUT2D eigenvalue weighted by Gasteiger charge is -2.32. The van der Waals surface area contributed by atoms with E-state index in [0.717, 1.165) is 21.5 Å². The summed E-state index contributed by atoms with van der Waals surface area (Å²) in [5.74, 6) is 0. The maximum absolute atomic E-state index is 4.44. The molecule has 0 N–H and O–H groups in total. The molecule has 0 aliphatic rings. The van der Waals surface area contributed by atoms with Crippen molar-refractivity contribution in [3.63, 3.8) is 0 Å². The first-order chi connectivity index (χ1) is 12.1. The van der Waals surface area contributed by atoms with Gasteiger partial charge in [0.05, 0.1) is 0 Å². The van der Waals surface area contributed by atoms with Gasteiger partial charge in [0.1, 0.15) is 16.1 Å². The zero-order chi connectivity index (χ0) is 19.5. The minimum absolute atomic E-state index is 0.965. The van der Waals surface area contributed by atoms with E-state index >= 15 is 0 Å². The highest BCUT2D eigenvalue weighted by atomic mass is 28.3. The van der Waals surface area contributed by atoms with Crippen molar-refractivity contribution in [3.05, 3.63) is 109 Å². The Hall–Kier alpha value is -2.17. The number of hydrogen-bond acceptors (Lipinski definition) is 0. The molecule has 2 aromatic rings. The highest BCUT2D eigenvalue weighted by Crippen LogP contribution is 2.31. The molecule has 0 heterocycles. The van der Waals surface area contributed by atoms with Crippen molar-refractivity contribution < 1.29 is 0 Å². The lowest BCUT2D eigenvalue weighted by Crippen LogP contribution is -2.46. The Bertz CT molecular complexity index is 767. The van der Waals surface area contributed by atoms with E-state index in [1.807, 2.05) is 0 Å². The lowest BCUT2D eigenvalue weighted by atomic mass is 10.1. The molecule has 134 valence electrons. The summed E-state index contributed by atoms with van der Waals surface area (Å²) in [5, 5.41) is 4.99. The molecule has 2 aromatic carbocycles. The Balaban J connectivity index is 2.27. The van der Waals surface area contributed by atoms with Crippen LogP contribution in [-0.4, -0.2) is 16.1 Å². The molecule has 0 nitrogen and oxygen atoms in total. The molecule has 2 heteroatoms. The molecule has 0 spiro atoms. The third-order valence-corrected chi connectivity index (χ3v) is 12.8. The topological polar surface area (TPSA) is 0 Å². The molecule has 0 aliphatic heterocycles. The van der Waals surface area contributed by atoms with Gasteiger partial charge in [0, 0.05) is 0 Å². The number of allylic oxidation sites excluding steroid dienone is 4. The average molecular weight is 375 g/mol. The first-order valence-electron chi connectivity index (χ1n) is 8.99. The first-order valence-corrected chi connectivity index (χ1v) is 15.0. The van der Waals surface area contributed by atoms with Gasteiger partial charge >= 0.3 is 0 Å². The van der Waals surface area contributed by atoms with Crippen LogP contribution in [0.5, 0.6) is 0 Å². The van der Waals surface area contributed by atoms with Gasteiger partial charge in [-0.1, -0.05) is 134 Å². The van der Waals surface area contributed by atoms with E-state index in [2.05, 4.69) is 113 Å². The van der Waals surface area contributed by atoms with Crippen molar-refractivity contribution in [3.8, 4) is 0 Å². The van der Waals surface area contributed by atoms with E-state index < -0.39 is 16.1 Å².